The van der Waals surface area contributed by atoms with Crippen molar-refractivity contribution < 1.29 is 9.13 Å². The van der Waals surface area contributed by atoms with Crippen LogP contribution in [-0.4, -0.2) is 25.3 Å². The molecule has 1 aliphatic rings. The third kappa shape index (κ3) is 3.31. The Balaban J connectivity index is 2.03. The molecular weight excluding hydrogens is 297 g/mol. The summed E-state index contributed by atoms with van der Waals surface area (Å²) in [5.41, 5.74) is 1.12. The largest absolute Gasteiger partial charge is 0.374 e. The Bertz CT molecular complexity index is 413. The molecule has 2 rings (SSSR count). The Morgan fingerprint density at radius 3 is 2.83 bits per heavy atom. The molecule has 0 spiro atoms. The van der Waals surface area contributed by atoms with E-state index in [2.05, 4.69) is 28.2 Å². The molecule has 1 aromatic rings. The van der Waals surface area contributed by atoms with Crippen LogP contribution in [0.15, 0.2) is 22.7 Å². The van der Waals surface area contributed by atoms with E-state index in [1.54, 1.807) is 0 Å². The van der Waals surface area contributed by atoms with E-state index >= 15 is 0 Å². The fourth-order valence-electron chi connectivity index (χ4n) is 2.47. The van der Waals surface area contributed by atoms with E-state index in [4.69, 9.17) is 4.74 Å². The molecule has 2 nitrogen and oxygen atoms in total. The van der Waals surface area contributed by atoms with Crippen molar-refractivity contribution in [3.05, 3.63) is 34.1 Å². The maximum absolute atomic E-state index is 13.2. The van der Waals surface area contributed by atoms with E-state index in [9.17, 15) is 4.39 Å². The van der Waals surface area contributed by atoms with Crippen LogP contribution in [0.25, 0.3) is 0 Å². The van der Waals surface area contributed by atoms with Gasteiger partial charge in [-0.3, -0.25) is 0 Å². The minimum Gasteiger partial charge on any atom is -0.374 e. The maximum Gasteiger partial charge on any atom is 0.137 e. The summed E-state index contributed by atoms with van der Waals surface area (Å²) in [6.45, 7) is 2.11. The fraction of sp³-hybridized carbons (Fsp3) is 0.571. The Kier molecular flexibility index (Phi) is 4.76. The SMILES string of the molecule is CNC(Cc1ccc(F)c(Br)c1)C1CCC(C)O1. The Morgan fingerprint density at radius 1 is 1.50 bits per heavy atom. The summed E-state index contributed by atoms with van der Waals surface area (Å²) in [5, 5.41) is 3.31. The van der Waals surface area contributed by atoms with Gasteiger partial charge in [-0.25, -0.2) is 4.39 Å². The second kappa shape index (κ2) is 6.13. The van der Waals surface area contributed by atoms with Crippen LogP contribution in [0.5, 0.6) is 0 Å². The second-order valence-corrected chi connectivity index (χ2v) is 5.76. The molecule has 0 radical (unpaired) electrons. The number of nitrogens with one attached hydrogen (secondary N) is 1. The van der Waals surface area contributed by atoms with Crippen LogP contribution in [0.1, 0.15) is 25.3 Å². The molecule has 0 bridgehead atoms. The normalized spacial score (nSPS) is 25.3. The Labute approximate surface area is 116 Å². The highest BCUT2D eigenvalue weighted by atomic mass is 79.9. The van der Waals surface area contributed by atoms with Crippen LogP contribution in [0.4, 0.5) is 4.39 Å². The zero-order chi connectivity index (χ0) is 13.1. The monoisotopic (exact) mass is 315 g/mol. The standard InChI is InChI=1S/C14H19BrFNO/c1-9-3-6-14(18-9)13(17-2)8-10-4-5-12(16)11(15)7-10/h4-5,7,9,13-14,17H,3,6,8H2,1-2H3. The Hall–Kier alpha value is -0.450. The zero-order valence-corrected chi connectivity index (χ0v) is 12.3. The molecule has 1 heterocycles. The van der Waals surface area contributed by atoms with Crippen molar-refractivity contribution in [3.63, 3.8) is 0 Å². The van der Waals surface area contributed by atoms with Crippen molar-refractivity contribution in [1.82, 2.24) is 5.32 Å². The van der Waals surface area contributed by atoms with Gasteiger partial charge in [-0.05, 0) is 66.9 Å². The first-order valence-electron chi connectivity index (χ1n) is 6.37. The highest BCUT2D eigenvalue weighted by Crippen LogP contribution is 2.24. The van der Waals surface area contributed by atoms with Gasteiger partial charge < -0.3 is 10.1 Å². The molecule has 1 aliphatic heterocycles. The van der Waals surface area contributed by atoms with Crippen LogP contribution in [0, 0.1) is 5.82 Å². The number of hydrogen-bond acceptors (Lipinski definition) is 2. The van der Waals surface area contributed by atoms with Crippen LogP contribution >= 0.6 is 15.9 Å². The van der Waals surface area contributed by atoms with Gasteiger partial charge in [0.05, 0.1) is 16.7 Å². The zero-order valence-electron chi connectivity index (χ0n) is 10.7. The molecule has 0 aliphatic carbocycles. The molecule has 4 heteroatoms. The lowest BCUT2D eigenvalue weighted by atomic mass is 9.99. The first kappa shape index (κ1) is 14.0. The highest BCUT2D eigenvalue weighted by molar-refractivity contribution is 9.10. The molecule has 100 valence electrons. The average molecular weight is 316 g/mol. The second-order valence-electron chi connectivity index (χ2n) is 4.91. The average Bonchev–Trinajstić information content (AvgIpc) is 2.77. The van der Waals surface area contributed by atoms with E-state index in [-0.39, 0.29) is 18.0 Å². The van der Waals surface area contributed by atoms with Crippen LogP contribution in [0.3, 0.4) is 0 Å². The third-order valence-electron chi connectivity index (χ3n) is 3.52. The molecule has 18 heavy (non-hydrogen) atoms. The molecule has 1 saturated heterocycles. The van der Waals surface area contributed by atoms with Gasteiger partial charge in [-0.2, -0.15) is 0 Å². The molecule has 0 saturated carbocycles. The van der Waals surface area contributed by atoms with Gasteiger partial charge in [-0.15, -0.1) is 0 Å². The molecule has 3 atom stereocenters. The van der Waals surface area contributed by atoms with Gasteiger partial charge in [0.2, 0.25) is 0 Å². The summed E-state index contributed by atoms with van der Waals surface area (Å²) in [5.74, 6) is -0.217. The van der Waals surface area contributed by atoms with Crippen molar-refractivity contribution in [2.45, 2.75) is 44.4 Å². The van der Waals surface area contributed by atoms with Crippen LogP contribution < -0.4 is 5.32 Å². The lowest BCUT2D eigenvalue weighted by Crippen LogP contribution is -2.39. The van der Waals surface area contributed by atoms with E-state index < -0.39 is 0 Å². The number of ether oxygens (including phenoxy) is 1. The van der Waals surface area contributed by atoms with Crippen molar-refractivity contribution in [2.75, 3.05) is 7.05 Å². The summed E-state index contributed by atoms with van der Waals surface area (Å²) in [4.78, 5) is 0. The van der Waals surface area contributed by atoms with Crippen LogP contribution in [-0.2, 0) is 11.2 Å². The van der Waals surface area contributed by atoms with E-state index in [0.717, 1.165) is 24.8 Å². The number of benzene rings is 1. The third-order valence-corrected chi connectivity index (χ3v) is 4.13. The van der Waals surface area contributed by atoms with E-state index in [1.165, 1.54) is 6.07 Å². The van der Waals surface area contributed by atoms with Gasteiger partial charge in [0.1, 0.15) is 5.82 Å². The maximum atomic E-state index is 13.2. The predicted molar refractivity (Wildman–Crippen MR) is 74.2 cm³/mol. The van der Waals surface area contributed by atoms with Gasteiger partial charge in [0, 0.05) is 6.04 Å². The van der Waals surface area contributed by atoms with Crippen molar-refractivity contribution in [3.8, 4) is 0 Å². The molecule has 0 amide bonds. The number of rotatable bonds is 4. The van der Waals surface area contributed by atoms with Gasteiger partial charge in [-0.1, -0.05) is 6.07 Å². The van der Waals surface area contributed by atoms with Crippen molar-refractivity contribution >= 4 is 15.9 Å². The quantitative estimate of drug-likeness (QED) is 0.920. The Morgan fingerprint density at radius 2 is 2.28 bits per heavy atom. The van der Waals surface area contributed by atoms with Crippen molar-refractivity contribution in [1.29, 1.82) is 0 Å². The van der Waals surface area contributed by atoms with Gasteiger partial charge >= 0.3 is 0 Å². The number of likely N-dealkylation sites (N-methyl/N-ethyl adjacent to an activating group) is 1. The highest BCUT2D eigenvalue weighted by Gasteiger charge is 2.28. The minimum absolute atomic E-state index is 0.217. The summed E-state index contributed by atoms with van der Waals surface area (Å²) in [7, 11) is 1.95. The summed E-state index contributed by atoms with van der Waals surface area (Å²) >= 11 is 3.22. The molecule has 1 N–H and O–H groups in total. The topological polar surface area (TPSA) is 21.3 Å². The fourth-order valence-corrected chi connectivity index (χ4v) is 2.90. The van der Waals surface area contributed by atoms with Gasteiger partial charge in [0.15, 0.2) is 0 Å². The number of halogens is 2. The van der Waals surface area contributed by atoms with E-state index in [1.807, 2.05) is 19.2 Å². The molecule has 1 fully saturated rings. The lowest BCUT2D eigenvalue weighted by Gasteiger charge is -2.23. The predicted octanol–water partition coefficient (Wildman–Crippen LogP) is 3.29. The molecule has 1 aromatic carbocycles. The summed E-state index contributed by atoms with van der Waals surface area (Å²) in [6, 6.07) is 5.47. The lowest BCUT2D eigenvalue weighted by molar-refractivity contribution is 0.0337. The minimum atomic E-state index is -0.217. The molecular formula is C14H19BrFNO. The summed E-state index contributed by atoms with van der Waals surface area (Å²) < 4.78 is 19.6. The van der Waals surface area contributed by atoms with Gasteiger partial charge in [0.25, 0.3) is 0 Å². The first-order valence-corrected chi connectivity index (χ1v) is 7.16. The smallest absolute Gasteiger partial charge is 0.137 e. The van der Waals surface area contributed by atoms with Crippen molar-refractivity contribution in [2.24, 2.45) is 0 Å². The van der Waals surface area contributed by atoms with Crippen LogP contribution in [0.2, 0.25) is 0 Å². The molecule has 3 unspecified atom stereocenters. The van der Waals surface area contributed by atoms with E-state index in [0.29, 0.717) is 10.6 Å². The molecule has 0 aromatic heterocycles. The number of hydrogen-bond donors (Lipinski definition) is 1. The summed E-state index contributed by atoms with van der Waals surface area (Å²) in [6.07, 6.45) is 3.68. The first-order chi connectivity index (χ1) is 8.60.